The molecule has 0 saturated carbocycles. The van der Waals surface area contributed by atoms with Crippen molar-refractivity contribution in [1.82, 2.24) is 5.32 Å². The number of nitrogens with one attached hydrogen (secondary N) is 1. The van der Waals surface area contributed by atoms with Crippen molar-refractivity contribution in [2.75, 3.05) is 7.05 Å². The van der Waals surface area contributed by atoms with Gasteiger partial charge in [0.25, 0.3) is 0 Å². The SMILES string of the molecule is CNC(CC(C)C)C(O)c1ccc(Br)cc1. The Bertz CT molecular complexity index is 310. The van der Waals surface area contributed by atoms with Gasteiger partial charge < -0.3 is 10.4 Å². The minimum Gasteiger partial charge on any atom is -0.387 e. The summed E-state index contributed by atoms with van der Waals surface area (Å²) < 4.78 is 1.04. The maximum absolute atomic E-state index is 10.2. The minimum atomic E-state index is -0.444. The van der Waals surface area contributed by atoms with Crippen molar-refractivity contribution in [1.29, 1.82) is 0 Å². The van der Waals surface area contributed by atoms with Crippen LogP contribution in [0.2, 0.25) is 0 Å². The zero-order valence-corrected chi connectivity index (χ0v) is 11.7. The Morgan fingerprint density at radius 1 is 1.25 bits per heavy atom. The van der Waals surface area contributed by atoms with E-state index in [9.17, 15) is 5.11 Å². The molecule has 2 unspecified atom stereocenters. The second kappa shape index (κ2) is 6.38. The van der Waals surface area contributed by atoms with Gasteiger partial charge in [-0.3, -0.25) is 0 Å². The van der Waals surface area contributed by atoms with Crippen molar-refractivity contribution in [3.8, 4) is 0 Å². The van der Waals surface area contributed by atoms with Crippen LogP contribution in [-0.4, -0.2) is 18.2 Å². The first-order valence-corrected chi connectivity index (χ1v) is 6.44. The van der Waals surface area contributed by atoms with Crippen molar-refractivity contribution in [3.05, 3.63) is 34.3 Å². The van der Waals surface area contributed by atoms with Crippen LogP contribution in [0.3, 0.4) is 0 Å². The molecule has 1 rings (SSSR count). The fourth-order valence-electron chi connectivity index (χ4n) is 1.80. The highest BCUT2D eigenvalue weighted by molar-refractivity contribution is 9.10. The molecule has 0 aliphatic rings. The van der Waals surface area contributed by atoms with Gasteiger partial charge in [-0.2, -0.15) is 0 Å². The van der Waals surface area contributed by atoms with Crippen LogP contribution in [0.4, 0.5) is 0 Å². The Hall–Kier alpha value is -0.380. The van der Waals surface area contributed by atoms with Gasteiger partial charge in [0, 0.05) is 10.5 Å². The smallest absolute Gasteiger partial charge is 0.0942 e. The van der Waals surface area contributed by atoms with Crippen molar-refractivity contribution >= 4 is 15.9 Å². The lowest BCUT2D eigenvalue weighted by molar-refractivity contribution is 0.121. The monoisotopic (exact) mass is 285 g/mol. The number of benzene rings is 1. The molecule has 0 fully saturated rings. The Morgan fingerprint density at radius 2 is 1.81 bits per heavy atom. The molecule has 90 valence electrons. The molecule has 0 heterocycles. The van der Waals surface area contributed by atoms with E-state index in [1.807, 2.05) is 31.3 Å². The average molecular weight is 286 g/mol. The van der Waals surface area contributed by atoms with E-state index in [0.29, 0.717) is 5.92 Å². The molecule has 2 N–H and O–H groups in total. The highest BCUT2D eigenvalue weighted by atomic mass is 79.9. The predicted octanol–water partition coefficient (Wildman–Crippen LogP) is 3.12. The fraction of sp³-hybridized carbons (Fsp3) is 0.538. The summed E-state index contributed by atoms with van der Waals surface area (Å²) in [6, 6.07) is 7.95. The fourth-order valence-corrected chi connectivity index (χ4v) is 2.07. The Balaban J connectivity index is 2.74. The lowest BCUT2D eigenvalue weighted by Gasteiger charge is -2.24. The predicted molar refractivity (Wildman–Crippen MR) is 71.4 cm³/mol. The van der Waals surface area contributed by atoms with Gasteiger partial charge in [-0.25, -0.2) is 0 Å². The summed E-state index contributed by atoms with van der Waals surface area (Å²) in [6.07, 6.45) is 0.522. The number of rotatable bonds is 5. The van der Waals surface area contributed by atoms with Crippen LogP contribution >= 0.6 is 15.9 Å². The van der Waals surface area contributed by atoms with Gasteiger partial charge in [0.15, 0.2) is 0 Å². The normalized spacial score (nSPS) is 15.1. The third kappa shape index (κ3) is 3.89. The van der Waals surface area contributed by atoms with Gasteiger partial charge in [-0.1, -0.05) is 41.9 Å². The molecule has 0 spiro atoms. The molecule has 1 aromatic rings. The lowest BCUT2D eigenvalue weighted by Crippen LogP contribution is -2.33. The quantitative estimate of drug-likeness (QED) is 0.871. The lowest BCUT2D eigenvalue weighted by atomic mass is 9.95. The second-order valence-corrected chi connectivity index (χ2v) is 5.44. The zero-order chi connectivity index (χ0) is 12.1. The van der Waals surface area contributed by atoms with E-state index >= 15 is 0 Å². The maximum atomic E-state index is 10.2. The number of halogens is 1. The van der Waals surface area contributed by atoms with E-state index in [2.05, 4.69) is 35.1 Å². The Labute approximate surface area is 106 Å². The van der Waals surface area contributed by atoms with Gasteiger partial charge in [0.2, 0.25) is 0 Å². The minimum absolute atomic E-state index is 0.112. The summed E-state index contributed by atoms with van der Waals surface area (Å²) in [5.41, 5.74) is 0.961. The molecule has 16 heavy (non-hydrogen) atoms. The molecule has 2 nitrogen and oxygen atoms in total. The molecule has 1 aromatic carbocycles. The Kier molecular flexibility index (Phi) is 5.46. The number of aliphatic hydroxyl groups is 1. The molecule has 0 aliphatic carbocycles. The summed E-state index contributed by atoms with van der Waals surface area (Å²) in [5, 5.41) is 13.4. The highest BCUT2D eigenvalue weighted by Crippen LogP contribution is 2.22. The van der Waals surface area contributed by atoms with Crippen LogP contribution in [0, 0.1) is 5.92 Å². The standard InChI is InChI=1S/C13H20BrNO/c1-9(2)8-12(15-3)13(16)10-4-6-11(14)7-5-10/h4-7,9,12-13,15-16H,8H2,1-3H3. The maximum Gasteiger partial charge on any atom is 0.0942 e. The van der Waals surface area contributed by atoms with Crippen molar-refractivity contribution in [2.45, 2.75) is 32.4 Å². The number of likely N-dealkylation sites (N-methyl/N-ethyl adjacent to an activating group) is 1. The first-order valence-electron chi connectivity index (χ1n) is 5.65. The van der Waals surface area contributed by atoms with Gasteiger partial charge in [0.1, 0.15) is 0 Å². The van der Waals surface area contributed by atoms with E-state index in [0.717, 1.165) is 16.5 Å². The zero-order valence-electron chi connectivity index (χ0n) is 10.1. The Morgan fingerprint density at radius 3 is 2.25 bits per heavy atom. The molecule has 2 atom stereocenters. The van der Waals surface area contributed by atoms with E-state index in [4.69, 9.17) is 0 Å². The molecule has 0 aliphatic heterocycles. The van der Waals surface area contributed by atoms with Crippen molar-refractivity contribution < 1.29 is 5.11 Å². The topological polar surface area (TPSA) is 32.3 Å². The van der Waals surface area contributed by atoms with Gasteiger partial charge in [0.05, 0.1) is 6.10 Å². The summed E-state index contributed by atoms with van der Waals surface area (Å²) in [5.74, 6) is 0.572. The molecular weight excluding hydrogens is 266 g/mol. The van der Waals surface area contributed by atoms with E-state index in [1.54, 1.807) is 0 Å². The number of hydrogen-bond acceptors (Lipinski definition) is 2. The van der Waals surface area contributed by atoms with Crippen LogP contribution in [0.1, 0.15) is 31.9 Å². The van der Waals surface area contributed by atoms with E-state index < -0.39 is 6.10 Å². The summed E-state index contributed by atoms with van der Waals surface area (Å²) in [7, 11) is 1.90. The molecule has 3 heteroatoms. The second-order valence-electron chi connectivity index (χ2n) is 4.52. The first-order chi connectivity index (χ1) is 7.54. The number of hydrogen-bond donors (Lipinski definition) is 2. The van der Waals surface area contributed by atoms with Gasteiger partial charge >= 0.3 is 0 Å². The third-order valence-electron chi connectivity index (χ3n) is 2.69. The van der Waals surface area contributed by atoms with Crippen molar-refractivity contribution in [2.24, 2.45) is 5.92 Å². The van der Waals surface area contributed by atoms with Crippen LogP contribution < -0.4 is 5.32 Å². The van der Waals surface area contributed by atoms with Crippen LogP contribution in [0.25, 0.3) is 0 Å². The molecular formula is C13H20BrNO. The third-order valence-corrected chi connectivity index (χ3v) is 3.22. The summed E-state index contributed by atoms with van der Waals surface area (Å²) in [4.78, 5) is 0. The largest absolute Gasteiger partial charge is 0.387 e. The van der Waals surface area contributed by atoms with Gasteiger partial charge in [-0.05, 0) is 37.1 Å². The van der Waals surface area contributed by atoms with E-state index in [-0.39, 0.29) is 6.04 Å². The first kappa shape index (κ1) is 13.7. The molecule has 0 radical (unpaired) electrons. The summed E-state index contributed by atoms with van der Waals surface area (Å²) >= 11 is 3.39. The average Bonchev–Trinajstić information content (AvgIpc) is 2.25. The molecule has 0 saturated heterocycles. The highest BCUT2D eigenvalue weighted by Gasteiger charge is 2.19. The molecule has 0 amide bonds. The molecule has 0 aromatic heterocycles. The van der Waals surface area contributed by atoms with Crippen LogP contribution in [0.15, 0.2) is 28.7 Å². The summed E-state index contributed by atoms with van der Waals surface area (Å²) in [6.45, 7) is 4.33. The van der Waals surface area contributed by atoms with Crippen molar-refractivity contribution in [3.63, 3.8) is 0 Å². The van der Waals surface area contributed by atoms with E-state index in [1.165, 1.54) is 0 Å². The van der Waals surface area contributed by atoms with Crippen LogP contribution in [0.5, 0.6) is 0 Å². The van der Waals surface area contributed by atoms with Crippen LogP contribution in [-0.2, 0) is 0 Å². The van der Waals surface area contributed by atoms with Gasteiger partial charge in [-0.15, -0.1) is 0 Å². The molecule has 0 bridgehead atoms. The number of aliphatic hydroxyl groups excluding tert-OH is 1.